The molecule has 6 heteroatoms. The summed E-state index contributed by atoms with van der Waals surface area (Å²) in [4.78, 5) is 9.87. The van der Waals surface area contributed by atoms with Gasteiger partial charge < -0.3 is 9.80 Å². The lowest BCUT2D eigenvalue weighted by Crippen LogP contribution is -2.27. The van der Waals surface area contributed by atoms with Crippen LogP contribution in [0.15, 0.2) is 0 Å². The van der Waals surface area contributed by atoms with Gasteiger partial charge in [-0.25, -0.2) is 4.98 Å². The molecule has 1 aliphatic rings. The van der Waals surface area contributed by atoms with Gasteiger partial charge in [0, 0.05) is 20.1 Å². The van der Waals surface area contributed by atoms with Crippen LogP contribution in [0.1, 0.15) is 11.3 Å². The number of alkyl halides is 1. The molecule has 0 aromatic carbocycles. The van der Waals surface area contributed by atoms with Gasteiger partial charge in [0.2, 0.25) is 0 Å². The second-order valence-electron chi connectivity index (χ2n) is 4.64. The maximum Gasteiger partial charge on any atom is 0.186 e. The summed E-state index contributed by atoms with van der Waals surface area (Å²) in [6.45, 7) is 3.41. The number of likely N-dealkylation sites (tertiary alicyclic amines) is 1. The maximum absolute atomic E-state index is 6.01. The molecule has 2 rings (SSSR count). The van der Waals surface area contributed by atoms with Crippen molar-refractivity contribution in [3.63, 3.8) is 0 Å². The summed E-state index contributed by atoms with van der Waals surface area (Å²) in [5, 5.41) is 1.52. The van der Waals surface area contributed by atoms with E-state index in [1.54, 1.807) is 11.3 Å². The predicted octanol–water partition coefficient (Wildman–Crippen LogP) is 2.92. The standard InChI is InChI=1S/C11H17Cl2N3S/c1-15-4-3-8(6-15)7-16(2)11-14-10(13)9(5-12)17-11/h8H,3-7H2,1-2H3. The van der Waals surface area contributed by atoms with Gasteiger partial charge in [-0.3, -0.25) is 0 Å². The number of halogens is 2. The molecule has 0 N–H and O–H groups in total. The molecule has 0 amide bonds. The number of rotatable bonds is 4. The Hall–Kier alpha value is -0.0300. The van der Waals surface area contributed by atoms with Gasteiger partial charge in [0.1, 0.15) is 5.15 Å². The third-order valence-corrected chi connectivity index (χ3v) is 5.13. The molecule has 17 heavy (non-hydrogen) atoms. The first-order chi connectivity index (χ1) is 8.10. The Kier molecular flexibility index (Phi) is 4.53. The molecule has 0 aliphatic carbocycles. The van der Waals surface area contributed by atoms with Crippen molar-refractivity contribution in [3.05, 3.63) is 10.0 Å². The minimum absolute atomic E-state index is 0.441. The van der Waals surface area contributed by atoms with Gasteiger partial charge in [-0.15, -0.1) is 11.6 Å². The molecule has 0 radical (unpaired) electrons. The first-order valence-electron chi connectivity index (χ1n) is 5.71. The summed E-state index contributed by atoms with van der Waals surface area (Å²) in [6.07, 6.45) is 1.27. The second-order valence-corrected chi connectivity index (χ2v) is 6.33. The Balaban J connectivity index is 1.96. The third kappa shape index (κ3) is 3.25. The molecule has 3 nitrogen and oxygen atoms in total. The molecule has 1 saturated heterocycles. The molecular formula is C11H17Cl2N3S. The van der Waals surface area contributed by atoms with E-state index in [4.69, 9.17) is 23.2 Å². The lowest BCUT2D eigenvalue weighted by molar-refractivity contribution is 0.396. The molecule has 96 valence electrons. The Morgan fingerprint density at radius 1 is 1.59 bits per heavy atom. The normalized spacial score (nSPS) is 21.1. The van der Waals surface area contributed by atoms with Crippen molar-refractivity contribution in [2.45, 2.75) is 12.3 Å². The fourth-order valence-corrected chi connectivity index (χ4v) is 3.65. The zero-order chi connectivity index (χ0) is 12.4. The topological polar surface area (TPSA) is 19.4 Å². The van der Waals surface area contributed by atoms with E-state index >= 15 is 0 Å². The molecule has 0 spiro atoms. The number of thiazole rings is 1. The monoisotopic (exact) mass is 293 g/mol. The van der Waals surface area contributed by atoms with Gasteiger partial charge in [0.15, 0.2) is 5.13 Å². The van der Waals surface area contributed by atoms with E-state index in [1.807, 2.05) is 0 Å². The Bertz CT molecular complexity index is 383. The van der Waals surface area contributed by atoms with Gasteiger partial charge in [-0.05, 0) is 25.9 Å². The minimum atomic E-state index is 0.441. The highest BCUT2D eigenvalue weighted by Crippen LogP contribution is 2.31. The summed E-state index contributed by atoms with van der Waals surface area (Å²) in [5.74, 6) is 1.17. The fourth-order valence-electron chi connectivity index (χ4n) is 2.21. The van der Waals surface area contributed by atoms with Gasteiger partial charge in [-0.2, -0.15) is 0 Å². The van der Waals surface area contributed by atoms with Crippen molar-refractivity contribution >= 4 is 39.7 Å². The van der Waals surface area contributed by atoms with Crippen LogP contribution in [-0.2, 0) is 5.88 Å². The van der Waals surface area contributed by atoms with Crippen LogP contribution >= 0.6 is 34.5 Å². The first kappa shape index (κ1) is 13.4. The summed E-state index contributed by atoms with van der Waals surface area (Å²) in [6, 6.07) is 0. The van der Waals surface area contributed by atoms with Crippen LogP contribution in [0.5, 0.6) is 0 Å². The van der Waals surface area contributed by atoms with Crippen LogP contribution in [0.25, 0.3) is 0 Å². The number of aromatic nitrogens is 1. The Labute approximate surface area is 116 Å². The average molecular weight is 294 g/mol. The second kappa shape index (κ2) is 5.74. The SMILES string of the molecule is CN1CCC(CN(C)c2nc(Cl)c(CCl)s2)C1. The zero-order valence-corrected chi connectivity index (χ0v) is 12.4. The zero-order valence-electron chi connectivity index (χ0n) is 10.1. The highest BCUT2D eigenvalue weighted by molar-refractivity contribution is 7.16. The van der Waals surface area contributed by atoms with Gasteiger partial charge in [0.25, 0.3) is 0 Å². The van der Waals surface area contributed by atoms with Crippen LogP contribution in [-0.4, -0.2) is 43.6 Å². The van der Waals surface area contributed by atoms with Crippen molar-refractivity contribution in [1.82, 2.24) is 9.88 Å². The largest absolute Gasteiger partial charge is 0.351 e. The van der Waals surface area contributed by atoms with Gasteiger partial charge >= 0.3 is 0 Å². The van der Waals surface area contributed by atoms with E-state index in [2.05, 4.69) is 28.9 Å². The summed E-state index contributed by atoms with van der Waals surface area (Å²) in [5.41, 5.74) is 0. The third-order valence-electron chi connectivity index (χ3n) is 3.11. The molecule has 1 fully saturated rings. The molecule has 0 bridgehead atoms. The number of anilines is 1. The van der Waals surface area contributed by atoms with E-state index in [-0.39, 0.29) is 0 Å². The van der Waals surface area contributed by atoms with Crippen LogP contribution < -0.4 is 4.90 Å². The fraction of sp³-hybridized carbons (Fsp3) is 0.727. The van der Waals surface area contributed by atoms with E-state index in [0.717, 1.165) is 22.5 Å². The summed E-state index contributed by atoms with van der Waals surface area (Å²) in [7, 11) is 4.25. The number of hydrogen-bond donors (Lipinski definition) is 0. The van der Waals surface area contributed by atoms with Crippen LogP contribution in [0, 0.1) is 5.92 Å². The van der Waals surface area contributed by atoms with Crippen LogP contribution in [0.3, 0.4) is 0 Å². The van der Waals surface area contributed by atoms with Crippen LogP contribution in [0.2, 0.25) is 5.15 Å². The summed E-state index contributed by atoms with van der Waals surface area (Å²) >= 11 is 13.4. The maximum atomic E-state index is 6.01. The lowest BCUT2D eigenvalue weighted by Gasteiger charge is -2.20. The van der Waals surface area contributed by atoms with Crippen molar-refractivity contribution in [2.75, 3.05) is 38.6 Å². The molecule has 1 aliphatic heterocycles. The Morgan fingerprint density at radius 3 is 2.88 bits per heavy atom. The van der Waals surface area contributed by atoms with E-state index in [9.17, 15) is 0 Å². The Morgan fingerprint density at radius 2 is 2.35 bits per heavy atom. The highest BCUT2D eigenvalue weighted by atomic mass is 35.5. The average Bonchev–Trinajstić information content (AvgIpc) is 2.85. The van der Waals surface area contributed by atoms with Crippen molar-refractivity contribution < 1.29 is 0 Å². The minimum Gasteiger partial charge on any atom is -0.351 e. The molecule has 2 heterocycles. The van der Waals surface area contributed by atoms with E-state index < -0.39 is 0 Å². The smallest absolute Gasteiger partial charge is 0.186 e. The molecule has 1 atom stereocenters. The molecule has 1 unspecified atom stereocenters. The predicted molar refractivity (Wildman–Crippen MR) is 75.6 cm³/mol. The number of hydrogen-bond acceptors (Lipinski definition) is 4. The van der Waals surface area contributed by atoms with Gasteiger partial charge in [-0.1, -0.05) is 22.9 Å². The first-order valence-corrected chi connectivity index (χ1v) is 7.44. The van der Waals surface area contributed by atoms with Crippen LogP contribution in [0.4, 0.5) is 5.13 Å². The summed E-state index contributed by atoms with van der Waals surface area (Å²) < 4.78 is 0. The quantitative estimate of drug-likeness (QED) is 0.796. The lowest BCUT2D eigenvalue weighted by atomic mass is 10.1. The van der Waals surface area contributed by atoms with Crippen molar-refractivity contribution in [3.8, 4) is 0 Å². The van der Waals surface area contributed by atoms with Gasteiger partial charge in [0.05, 0.1) is 10.8 Å². The van der Waals surface area contributed by atoms with Crippen molar-refractivity contribution in [1.29, 1.82) is 0 Å². The van der Waals surface area contributed by atoms with Crippen molar-refractivity contribution in [2.24, 2.45) is 5.92 Å². The molecule has 1 aromatic rings. The van der Waals surface area contributed by atoms with E-state index in [1.165, 1.54) is 19.5 Å². The molecule has 1 aromatic heterocycles. The highest BCUT2D eigenvalue weighted by Gasteiger charge is 2.22. The number of nitrogens with zero attached hydrogens (tertiary/aromatic N) is 3. The molecular weight excluding hydrogens is 277 g/mol. The van der Waals surface area contributed by atoms with E-state index in [0.29, 0.717) is 11.0 Å². The molecule has 0 saturated carbocycles.